The minimum atomic E-state index is -0.940. The number of hydrogen-bond acceptors (Lipinski definition) is 5. The minimum Gasteiger partial charge on any atom is -0.481 e. The van der Waals surface area contributed by atoms with E-state index in [0.717, 1.165) is 11.8 Å². The van der Waals surface area contributed by atoms with Crippen LogP contribution in [0.3, 0.4) is 0 Å². The fourth-order valence-corrected chi connectivity index (χ4v) is 1.37. The van der Waals surface area contributed by atoms with Crippen LogP contribution in [-0.4, -0.2) is 33.6 Å². The van der Waals surface area contributed by atoms with Crippen molar-refractivity contribution in [2.75, 3.05) is 16.8 Å². The van der Waals surface area contributed by atoms with E-state index in [0.29, 0.717) is 11.6 Å². The van der Waals surface area contributed by atoms with Gasteiger partial charge in [0.05, 0.1) is 11.5 Å². The highest BCUT2D eigenvalue weighted by molar-refractivity contribution is 8.00. The summed E-state index contributed by atoms with van der Waals surface area (Å²) in [5.41, 5.74) is 0. The number of aryl methyl sites for hydroxylation is 1. The Hall–Kier alpha value is -1.50. The van der Waals surface area contributed by atoms with Crippen LogP contribution in [0.1, 0.15) is 5.76 Å². The summed E-state index contributed by atoms with van der Waals surface area (Å²) >= 11 is 1.03. The van der Waals surface area contributed by atoms with Crippen LogP contribution in [0.5, 0.6) is 0 Å². The number of anilines is 1. The molecule has 0 fully saturated rings. The van der Waals surface area contributed by atoms with Crippen molar-refractivity contribution in [2.24, 2.45) is 0 Å². The van der Waals surface area contributed by atoms with Gasteiger partial charge in [0.25, 0.3) is 0 Å². The number of rotatable bonds is 5. The summed E-state index contributed by atoms with van der Waals surface area (Å²) in [7, 11) is 0. The molecule has 0 aromatic carbocycles. The Morgan fingerprint density at radius 3 is 2.87 bits per heavy atom. The highest BCUT2D eigenvalue weighted by Crippen LogP contribution is 2.08. The summed E-state index contributed by atoms with van der Waals surface area (Å²) < 4.78 is 4.74. The third-order valence-corrected chi connectivity index (χ3v) is 2.27. The molecule has 0 saturated carbocycles. The predicted molar refractivity (Wildman–Crippen MR) is 54.8 cm³/mol. The van der Waals surface area contributed by atoms with Gasteiger partial charge in [0.15, 0.2) is 5.82 Å². The van der Waals surface area contributed by atoms with Gasteiger partial charge in [-0.25, -0.2) is 0 Å². The summed E-state index contributed by atoms with van der Waals surface area (Å²) in [6.07, 6.45) is 0. The van der Waals surface area contributed by atoms with Crippen LogP contribution in [0.15, 0.2) is 10.6 Å². The number of nitrogens with one attached hydrogen (secondary N) is 1. The molecule has 7 heteroatoms. The zero-order chi connectivity index (χ0) is 11.3. The summed E-state index contributed by atoms with van der Waals surface area (Å²) in [5.74, 6) is -0.305. The molecule has 0 spiro atoms. The number of thioether (sulfide) groups is 1. The maximum Gasteiger partial charge on any atom is 0.313 e. The first-order chi connectivity index (χ1) is 7.08. The maximum atomic E-state index is 11.2. The average molecular weight is 230 g/mol. The van der Waals surface area contributed by atoms with Crippen molar-refractivity contribution < 1.29 is 19.2 Å². The predicted octanol–water partition coefficient (Wildman–Crippen LogP) is 0.739. The van der Waals surface area contributed by atoms with Gasteiger partial charge in [-0.1, -0.05) is 5.16 Å². The fourth-order valence-electron chi connectivity index (χ4n) is 0.835. The molecule has 82 valence electrons. The van der Waals surface area contributed by atoms with E-state index in [-0.39, 0.29) is 17.4 Å². The van der Waals surface area contributed by atoms with E-state index in [1.54, 1.807) is 13.0 Å². The number of carboxylic acids is 1. The lowest BCUT2D eigenvalue weighted by Crippen LogP contribution is -2.15. The van der Waals surface area contributed by atoms with Crippen molar-refractivity contribution in [3.05, 3.63) is 11.8 Å². The molecule has 2 N–H and O–H groups in total. The lowest BCUT2D eigenvalue weighted by Gasteiger charge is -1.98. The Balaban J connectivity index is 2.27. The molecule has 0 aliphatic carbocycles. The monoisotopic (exact) mass is 230 g/mol. The quantitative estimate of drug-likeness (QED) is 0.775. The second-order valence-corrected chi connectivity index (χ2v) is 3.74. The first-order valence-electron chi connectivity index (χ1n) is 4.10. The van der Waals surface area contributed by atoms with E-state index < -0.39 is 5.97 Å². The molecule has 1 aromatic heterocycles. The van der Waals surface area contributed by atoms with Crippen LogP contribution in [0.2, 0.25) is 0 Å². The van der Waals surface area contributed by atoms with E-state index in [9.17, 15) is 9.59 Å². The van der Waals surface area contributed by atoms with E-state index in [1.165, 1.54) is 0 Å². The molecule has 0 atom stereocenters. The Labute approximate surface area is 90.0 Å². The fraction of sp³-hybridized carbons (Fsp3) is 0.375. The van der Waals surface area contributed by atoms with Gasteiger partial charge >= 0.3 is 5.97 Å². The summed E-state index contributed by atoms with van der Waals surface area (Å²) in [4.78, 5) is 21.4. The molecule has 0 bridgehead atoms. The van der Waals surface area contributed by atoms with Gasteiger partial charge in [0.2, 0.25) is 5.91 Å². The summed E-state index contributed by atoms with van der Waals surface area (Å²) in [6.45, 7) is 1.71. The van der Waals surface area contributed by atoms with Gasteiger partial charge in [-0.3, -0.25) is 9.59 Å². The molecular formula is C8H10N2O4S. The molecule has 0 saturated heterocycles. The lowest BCUT2D eigenvalue weighted by atomic mass is 10.5. The number of hydrogen-bond donors (Lipinski definition) is 2. The van der Waals surface area contributed by atoms with Crippen molar-refractivity contribution >= 4 is 29.5 Å². The van der Waals surface area contributed by atoms with Gasteiger partial charge < -0.3 is 14.9 Å². The van der Waals surface area contributed by atoms with Crippen molar-refractivity contribution in [1.82, 2.24) is 5.16 Å². The SMILES string of the molecule is Cc1cc(NC(=O)CSCC(=O)O)no1. The number of nitrogens with zero attached hydrogens (tertiary/aromatic N) is 1. The molecule has 1 amide bonds. The molecule has 1 rings (SSSR count). The molecule has 0 aliphatic heterocycles. The van der Waals surface area contributed by atoms with E-state index in [4.69, 9.17) is 9.63 Å². The van der Waals surface area contributed by atoms with Crippen molar-refractivity contribution in [3.63, 3.8) is 0 Å². The normalized spacial score (nSPS) is 9.93. The second-order valence-electron chi connectivity index (χ2n) is 2.76. The van der Waals surface area contributed by atoms with Crippen LogP contribution in [0.25, 0.3) is 0 Å². The highest BCUT2D eigenvalue weighted by Gasteiger charge is 2.07. The van der Waals surface area contributed by atoms with Gasteiger partial charge in [0, 0.05) is 6.07 Å². The van der Waals surface area contributed by atoms with Crippen LogP contribution in [0.4, 0.5) is 5.82 Å². The molecule has 6 nitrogen and oxygen atoms in total. The van der Waals surface area contributed by atoms with Crippen molar-refractivity contribution in [1.29, 1.82) is 0 Å². The number of amides is 1. The minimum absolute atomic E-state index is 0.0816. The van der Waals surface area contributed by atoms with Crippen LogP contribution >= 0.6 is 11.8 Å². The zero-order valence-corrected chi connectivity index (χ0v) is 8.84. The highest BCUT2D eigenvalue weighted by atomic mass is 32.2. The molecule has 0 radical (unpaired) electrons. The number of aromatic nitrogens is 1. The Morgan fingerprint density at radius 2 is 2.33 bits per heavy atom. The molecule has 1 heterocycles. The number of aliphatic carboxylic acids is 1. The summed E-state index contributed by atoms with van der Waals surface area (Å²) in [5, 5.41) is 14.4. The van der Waals surface area contributed by atoms with Crippen molar-refractivity contribution in [3.8, 4) is 0 Å². The number of carbonyl (C=O) groups is 2. The Kier molecular flexibility index (Phi) is 4.17. The third-order valence-electron chi connectivity index (χ3n) is 1.35. The van der Waals surface area contributed by atoms with Crippen molar-refractivity contribution in [2.45, 2.75) is 6.92 Å². The van der Waals surface area contributed by atoms with Crippen LogP contribution in [-0.2, 0) is 9.59 Å². The standard InChI is InChI=1S/C8H10N2O4S/c1-5-2-6(10-14-5)9-7(11)3-15-4-8(12)13/h2H,3-4H2,1H3,(H,12,13)(H,9,10,11). The van der Waals surface area contributed by atoms with E-state index in [1.807, 2.05) is 0 Å². The molecule has 0 unspecified atom stereocenters. The van der Waals surface area contributed by atoms with Gasteiger partial charge in [0.1, 0.15) is 5.76 Å². The van der Waals surface area contributed by atoms with Crippen LogP contribution in [0, 0.1) is 6.92 Å². The largest absolute Gasteiger partial charge is 0.481 e. The van der Waals surface area contributed by atoms with Crippen LogP contribution < -0.4 is 5.32 Å². The van der Waals surface area contributed by atoms with Gasteiger partial charge in [-0.2, -0.15) is 0 Å². The Bertz CT molecular complexity index is 363. The molecule has 15 heavy (non-hydrogen) atoms. The Morgan fingerprint density at radius 1 is 1.60 bits per heavy atom. The first kappa shape index (κ1) is 11.6. The van der Waals surface area contributed by atoms with E-state index >= 15 is 0 Å². The number of carbonyl (C=O) groups excluding carboxylic acids is 1. The topological polar surface area (TPSA) is 92.4 Å². The summed E-state index contributed by atoms with van der Waals surface area (Å²) in [6, 6.07) is 1.58. The van der Waals surface area contributed by atoms with E-state index in [2.05, 4.69) is 10.5 Å². The van der Waals surface area contributed by atoms with Gasteiger partial charge in [-0.15, -0.1) is 11.8 Å². The number of carboxylic acid groups (broad SMARTS) is 1. The molecular weight excluding hydrogens is 220 g/mol. The average Bonchev–Trinajstić information content (AvgIpc) is 2.50. The van der Waals surface area contributed by atoms with Gasteiger partial charge in [-0.05, 0) is 6.92 Å². The lowest BCUT2D eigenvalue weighted by molar-refractivity contribution is -0.133. The molecule has 1 aromatic rings. The second kappa shape index (κ2) is 5.40. The first-order valence-corrected chi connectivity index (χ1v) is 5.26. The maximum absolute atomic E-state index is 11.2. The smallest absolute Gasteiger partial charge is 0.313 e. The third kappa shape index (κ3) is 4.50. The molecule has 0 aliphatic rings. The zero-order valence-electron chi connectivity index (χ0n) is 8.02.